The summed E-state index contributed by atoms with van der Waals surface area (Å²) < 4.78 is 0. The summed E-state index contributed by atoms with van der Waals surface area (Å²) >= 11 is 0. The predicted octanol–water partition coefficient (Wildman–Crippen LogP) is 0.0603. The SMILES string of the molecule is OCCN1CCC(CN2CCC(N3CCNCC3)CC2)CC1. The second kappa shape index (κ2) is 8.60. The highest BCUT2D eigenvalue weighted by atomic mass is 16.3. The fourth-order valence-corrected chi connectivity index (χ4v) is 4.41. The number of piperidine rings is 2. The fourth-order valence-electron chi connectivity index (χ4n) is 4.41. The van der Waals surface area contributed by atoms with Crippen LogP contribution in [0.25, 0.3) is 0 Å². The molecule has 3 saturated heterocycles. The van der Waals surface area contributed by atoms with Crippen LogP contribution in [0.15, 0.2) is 0 Å². The fraction of sp³-hybridized carbons (Fsp3) is 1.00. The Morgan fingerprint density at radius 1 is 0.818 bits per heavy atom. The van der Waals surface area contributed by atoms with E-state index in [1.807, 2.05) is 0 Å². The molecule has 3 aliphatic rings. The predicted molar refractivity (Wildman–Crippen MR) is 90.2 cm³/mol. The van der Waals surface area contributed by atoms with E-state index in [2.05, 4.69) is 20.0 Å². The van der Waals surface area contributed by atoms with Gasteiger partial charge in [-0.1, -0.05) is 0 Å². The Hall–Kier alpha value is -0.200. The third-order valence-electron chi connectivity index (χ3n) is 5.86. The Bertz CT molecular complexity index is 306. The number of hydrogen-bond donors (Lipinski definition) is 2. The first-order chi connectivity index (χ1) is 10.8. The quantitative estimate of drug-likeness (QED) is 0.752. The molecule has 0 aromatic carbocycles. The van der Waals surface area contributed by atoms with Crippen LogP contribution in [0.2, 0.25) is 0 Å². The zero-order valence-electron chi connectivity index (χ0n) is 14.1. The first-order valence-electron chi connectivity index (χ1n) is 9.35. The average Bonchev–Trinajstić information content (AvgIpc) is 2.58. The Morgan fingerprint density at radius 3 is 2.09 bits per heavy atom. The molecule has 2 N–H and O–H groups in total. The van der Waals surface area contributed by atoms with E-state index in [1.165, 1.54) is 84.6 Å². The van der Waals surface area contributed by atoms with Gasteiger partial charge in [0.2, 0.25) is 0 Å². The van der Waals surface area contributed by atoms with E-state index in [1.54, 1.807) is 0 Å². The lowest BCUT2D eigenvalue weighted by Gasteiger charge is -2.42. The average molecular weight is 310 g/mol. The molecular formula is C17H34N4O. The van der Waals surface area contributed by atoms with Gasteiger partial charge in [-0.2, -0.15) is 0 Å². The van der Waals surface area contributed by atoms with Crippen molar-refractivity contribution in [3.05, 3.63) is 0 Å². The third-order valence-corrected chi connectivity index (χ3v) is 5.86. The van der Waals surface area contributed by atoms with Crippen LogP contribution in [0.3, 0.4) is 0 Å². The zero-order valence-corrected chi connectivity index (χ0v) is 14.1. The number of β-amino-alcohol motifs (C(OH)–C–C–N with tert-alkyl or cyclic N) is 1. The van der Waals surface area contributed by atoms with Crippen LogP contribution >= 0.6 is 0 Å². The molecule has 0 saturated carbocycles. The van der Waals surface area contributed by atoms with Crippen molar-refractivity contribution in [3.8, 4) is 0 Å². The van der Waals surface area contributed by atoms with Gasteiger partial charge in [0.25, 0.3) is 0 Å². The summed E-state index contributed by atoms with van der Waals surface area (Å²) in [6.45, 7) is 12.3. The zero-order chi connectivity index (χ0) is 15.2. The van der Waals surface area contributed by atoms with E-state index >= 15 is 0 Å². The van der Waals surface area contributed by atoms with E-state index in [4.69, 9.17) is 5.11 Å². The summed E-state index contributed by atoms with van der Waals surface area (Å²) in [4.78, 5) is 7.83. The van der Waals surface area contributed by atoms with E-state index in [0.29, 0.717) is 6.61 Å². The molecule has 0 spiro atoms. The first-order valence-corrected chi connectivity index (χ1v) is 9.35. The second-order valence-corrected chi connectivity index (χ2v) is 7.33. The number of rotatable bonds is 5. The highest BCUT2D eigenvalue weighted by Crippen LogP contribution is 2.22. The number of nitrogens with zero attached hydrogens (tertiary/aromatic N) is 3. The van der Waals surface area contributed by atoms with Crippen molar-refractivity contribution in [2.45, 2.75) is 31.7 Å². The van der Waals surface area contributed by atoms with Crippen LogP contribution < -0.4 is 5.32 Å². The molecule has 0 aromatic rings. The molecule has 3 aliphatic heterocycles. The van der Waals surface area contributed by atoms with Crippen LogP contribution in [0.5, 0.6) is 0 Å². The van der Waals surface area contributed by atoms with Gasteiger partial charge in [0, 0.05) is 45.3 Å². The van der Waals surface area contributed by atoms with Gasteiger partial charge in [-0.05, 0) is 57.8 Å². The summed E-state index contributed by atoms with van der Waals surface area (Å²) in [5.74, 6) is 0.880. The number of nitrogens with one attached hydrogen (secondary N) is 1. The topological polar surface area (TPSA) is 42.0 Å². The third kappa shape index (κ3) is 4.65. The summed E-state index contributed by atoms with van der Waals surface area (Å²) in [5.41, 5.74) is 0. The number of hydrogen-bond acceptors (Lipinski definition) is 5. The number of aliphatic hydroxyl groups excluding tert-OH is 1. The van der Waals surface area contributed by atoms with Crippen molar-refractivity contribution in [1.82, 2.24) is 20.0 Å². The van der Waals surface area contributed by atoms with Gasteiger partial charge in [0.05, 0.1) is 6.61 Å². The monoisotopic (exact) mass is 310 g/mol. The highest BCUT2D eigenvalue weighted by Gasteiger charge is 2.27. The molecule has 3 rings (SSSR count). The van der Waals surface area contributed by atoms with Crippen molar-refractivity contribution in [2.24, 2.45) is 5.92 Å². The number of likely N-dealkylation sites (tertiary alicyclic amines) is 2. The highest BCUT2D eigenvalue weighted by molar-refractivity contribution is 4.84. The van der Waals surface area contributed by atoms with Gasteiger partial charge >= 0.3 is 0 Å². The molecule has 0 bridgehead atoms. The number of aliphatic hydroxyl groups is 1. The van der Waals surface area contributed by atoms with Gasteiger partial charge in [0.15, 0.2) is 0 Å². The van der Waals surface area contributed by atoms with E-state index < -0.39 is 0 Å². The Kier molecular flexibility index (Phi) is 6.51. The molecule has 3 heterocycles. The van der Waals surface area contributed by atoms with Crippen molar-refractivity contribution < 1.29 is 5.11 Å². The lowest BCUT2D eigenvalue weighted by atomic mass is 9.94. The normalized spacial score (nSPS) is 28.2. The van der Waals surface area contributed by atoms with Gasteiger partial charge in [0.1, 0.15) is 0 Å². The minimum absolute atomic E-state index is 0.310. The second-order valence-electron chi connectivity index (χ2n) is 7.33. The van der Waals surface area contributed by atoms with Gasteiger partial charge in [-0.25, -0.2) is 0 Å². The molecular weight excluding hydrogens is 276 g/mol. The van der Waals surface area contributed by atoms with E-state index in [9.17, 15) is 0 Å². The van der Waals surface area contributed by atoms with Gasteiger partial charge < -0.3 is 20.2 Å². The molecule has 0 atom stereocenters. The molecule has 0 aliphatic carbocycles. The molecule has 3 fully saturated rings. The molecule has 0 aromatic heterocycles. The summed E-state index contributed by atoms with van der Waals surface area (Å²) in [6.07, 6.45) is 5.36. The molecule has 128 valence electrons. The van der Waals surface area contributed by atoms with E-state index in [0.717, 1.165) is 18.5 Å². The Morgan fingerprint density at radius 2 is 1.45 bits per heavy atom. The van der Waals surface area contributed by atoms with Crippen LogP contribution in [-0.4, -0.2) is 97.9 Å². The van der Waals surface area contributed by atoms with Gasteiger partial charge in [-0.3, -0.25) is 4.90 Å². The maximum atomic E-state index is 9.02. The van der Waals surface area contributed by atoms with Crippen molar-refractivity contribution in [2.75, 3.05) is 72.1 Å². The van der Waals surface area contributed by atoms with Crippen molar-refractivity contribution >= 4 is 0 Å². The smallest absolute Gasteiger partial charge is 0.0558 e. The van der Waals surface area contributed by atoms with Crippen LogP contribution in [-0.2, 0) is 0 Å². The van der Waals surface area contributed by atoms with Crippen LogP contribution in [0.4, 0.5) is 0 Å². The minimum atomic E-state index is 0.310. The molecule has 0 amide bonds. The maximum Gasteiger partial charge on any atom is 0.0558 e. The first kappa shape index (κ1) is 16.7. The van der Waals surface area contributed by atoms with E-state index in [-0.39, 0.29) is 0 Å². The van der Waals surface area contributed by atoms with Crippen molar-refractivity contribution in [1.29, 1.82) is 0 Å². The lowest BCUT2D eigenvalue weighted by molar-refractivity contribution is 0.0761. The molecule has 0 unspecified atom stereocenters. The summed E-state index contributed by atoms with van der Waals surface area (Å²) in [5, 5.41) is 12.5. The number of piperazine rings is 1. The molecule has 5 heteroatoms. The van der Waals surface area contributed by atoms with Crippen LogP contribution in [0, 0.1) is 5.92 Å². The molecule has 22 heavy (non-hydrogen) atoms. The standard InChI is InChI=1S/C17H34N4O/c22-14-13-19-7-1-16(2-8-19)15-20-9-3-17(4-10-20)21-11-5-18-6-12-21/h16-18,22H,1-15H2. The molecule has 0 radical (unpaired) electrons. The maximum absolute atomic E-state index is 9.02. The summed E-state index contributed by atoms with van der Waals surface area (Å²) in [7, 11) is 0. The Labute approximate surface area is 135 Å². The Balaban J connectivity index is 1.34. The van der Waals surface area contributed by atoms with Gasteiger partial charge in [-0.15, -0.1) is 0 Å². The minimum Gasteiger partial charge on any atom is -0.395 e. The molecule has 5 nitrogen and oxygen atoms in total. The van der Waals surface area contributed by atoms with Crippen LogP contribution in [0.1, 0.15) is 25.7 Å². The largest absolute Gasteiger partial charge is 0.395 e. The summed E-state index contributed by atoms with van der Waals surface area (Å²) in [6, 6.07) is 0.838. The lowest BCUT2D eigenvalue weighted by Crippen LogP contribution is -2.52. The van der Waals surface area contributed by atoms with Crippen molar-refractivity contribution in [3.63, 3.8) is 0 Å².